The molecule has 0 radical (unpaired) electrons. The van der Waals surface area contributed by atoms with Crippen LogP contribution >= 0.6 is 0 Å². The van der Waals surface area contributed by atoms with E-state index in [0.717, 1.165) is 11.3 Å². The van der Waals surface area contributed by atoms with Crippen molar-refractivity contribution in [1.29, 1.82) is 0 Å². The molecular weight excluding hydrogens is 218 g/mol. The second-order valence-electron chi connectivity index (χ2n) is 3.65. The van der Waals surface area contributed by atoms with Gasteiger partial charge < -0.3 is 15.0 Å². The molecule has 1 heterocycles. The van der Waals surface area contributed by atoms with Gasteiger partial charge in [0.1, 0.15) is 5.75 Å². The van der Waals surface area contributed by atoms with Crippen LogP contribution in [0.3, 0.4) is 0 Å². The second kappa shape index (κ2) is 4.97. The number of hydrogen-bond acceptors (Lipinski definition) is 5. The first kappa shape index (κ1) is 11.6. The van der Waals surface area contributed by atoms with Gasteiger partial charge in [0, 0.05) is 6.92 Å². The molecule has 17 heavy (non-hydrogen) atoms. The fourth-order valence-corrected chi connectivity index (χ4v) is 1.55. The minimum Gasteiger partial charge on any atom is -0.494 e. The molecule has 2 rings (SSSR count). The molecule has 0 aliphatic rings. The number of hydrogen-bond donors (Lipinski definition) is 1. The zero-order valence-corrected chi connectivity index (χ0v) is 9.88. The molecule has 1 aromatic heterocycles. The molecule has 0 bridgehead atoms. The van der Waals surface area contributed by atoms with Crippen molar-refractivity contribution >= 4 is 0 Å². The van der Waals surface area contributed by atoms with E-state index >= 15 is 0 Å². The van der Waals surface area contributed by atoms with Gasteiger partial charge >= 0.3 is 0 Å². The molecule has 0 amide bonds. The Morgan fingerprint density at radius 2 is 2.29 bits per heavy atom. The smallest absolute Gasteiger partial charge is 0.223 e. The van der Waals surface area contributed by atoms with E-state index in [-0.39, 0.29) is 0 Å². The zero-order valence-electron chi connectivity index (χ0n) is 9.88. The summed E-state index contributed by atoms with van der Waals surface area (Å²) >= 11 is 0. The third-order valence-corrected chi connectivity index (χ3v) is 2.35. The SMILES string of the molecule is CCOc1cccc(C(N)c2noc(C)n2)c1. The minimum absolute atomic E-state index is 0.396. The highest BCUT2D eigenvalue weighted by atomic mass is 16.5. The maximum atomic E-state index is 6.05. The van der Waals surface area contributed by atoms with Crippen LogP contribution in [0.2, 0.25) is 0 Å². The zero-order chi connectivity index (χ0) is 12.3. The fourth-order valence-electron chi connectivity index (χ4n) is 1.55. The van der Waals surface area contributed by atoms with Crippen LogP contribution in [0.4, 0.5) is 0 Å². The van der Waals surface area contributed by atoms with E-state index in [2.05, 4.69) is 10.1 Å². The van der Waals surface area contributed by atoms with Crippen LogP contribution in [0.1, 0.15) is 30.2 Å². The topological polar surface area (TPSA) is 74.2 Å². The molecule has 0 saturated heterocycles. The summed E-state index contributed by atoms with van der Waals surface area (Å²) in [6.45, 7) is 4.30. The van der Waals surface area contributed by atoms with Crippen molar-refractivity contribution in [3.63, 3.8) is 0 Å². The number of rotatable bonds is 4. The quantitative estimate of drug-likeness (QED) is 0.871. The van der Waals surface area contributed by atoms with Gasteiger partial charge in [-0.05, 0) is 24.6 Å². The molecule has 0 saturated carbocycles. The van der Waals surface area contributed by atoms with Crippen LogP contribution in [0.5, 0.6) is 5.75 Å². The van der Waals surface area contributed by atoms with Gasteiger partial charge in [0.15, 0.2) is 5.82 Å². The maximum Gasteiger partial charge on any atom is 0.223 e. The molecule has 1 aromatic carbocycles. The second-order valence-corrected chi connectivity index (χ2v) is 3.65. The number of ether oxygens (including phenoxy) is 1. The number of nitrogens with zero attached hydrogens (tertiary/aromatic N) is 2. The molecule has 0 aliphatic heterocycles. The van der Waals surface area contributed by atoms with Gasteiger partial charge in [-0.3, -0.25) is 0 Å². The van der Waals surface area contributed by atoms with Gasteiger partial charge in [0.25, 0.3) is 0 Å². The highest BCUT2D eigenvalue weighted by Crippen LogP contribution is 2.21. The highest BCUT2D eigenvalue weighted by molar-refractivity contribution is 5.32. The summed E-state index contributed by atoms with van der Waals surface area (Å²) in [7, 11) is 0. The predicted octanol–water partition coefficient (Wildman–Crippen LogP) is 1.82. The van der Waals surface area contributed by atoms with Crippen molar-refractivity contribution in [3.05, 3.63) is 41.5 Å². The van der Waals surface area contributed by atoms with E-state index in [9.17, 15) is 0 Å². The summed E-state index contributed by atoms with van der Waals surface area (Å²) < 4.78 is 10.3. The molecule has 5 heteroatoms. The van der Waals surface area contributed by atoms with E-state index in [1.807, 2.05) is 31.2 Å². The van der Waals surface area contributed by atoms with E-state index in [1.54, 1.807) is 6.92 Å². The van der Waals surface area contributed by atoms with Gasteiger partial charge in [-0.15, -0.1) is 0 Å². The van der Waals surface area contributed by atoms with Gasteiger partial charge in [0.2, 0.25) is 5.89 Å². The van der Waals surface area contributed by atoms with Crippen molar-refractivity contribution in [2.24, 2.45) is 5.73 Å². The van der Waals surface area contributed by atoms with Gasteiger partial charge in [-0.25, -0.2) is 0 Å². The normalized spacial score (nSPS) is 12.4. The van der Waals surface area contributed by atoms with Crippen LogP contribution in [-0.4, -0.2) is 16.7 Å². The molecule has 0 fully saturated rings. The third kappa shape index (κ3) is 2.62. The standard InChI is InChI=1S/C12H15N3O2/c1-3-16-10-6-4-5-9(7-10)11(13)12-14-8(2)17-15-12/h4-7,11H,3,13H2,1-2H3. The number of aromatic nitrogens is 2. The first-order valence-electron chi connectivity index (χ1n) is 5.49. The van der Waals surface area contributed by atoms with Crippen molar-refractivity contribution < 1.29 is 9.26 Å². The van der Waals surface area contributed by atoms with E-state index in [4.69, 9.17) is 15.0 Å². The van der Waals surface area contributed by atoms with Crippen molar-refractivity contribution in [2.75, 3.05) is 6.61 Å². The molecule has 2 aromatic rings. The Morgan fingerprint density at radius 1 is 1.47 bits per heavy atom. The Kier molecular flexibility index (Phi) is 3.39. The van der Waals surface area contributed by atoms with Crippen molar-refractivity contribution in [3.8, 4) is 5.75 Å². The van der Waals surface area contributed by atoms with Crippen LogP contribution < -0.4 is 10.5 Å². The minimum atomic E-state index is -0.396. The molecule has 1 atom stereocenters. The van der Waals surface area contributed by atoms with E-state index in [1.165, 1.54) is 0 Å². The largest absolute Gasteiger partial charge is 0.494 e. The van der Waals surface area contributed by atoms with Gasteiger partial charge in [-0.1, -0.05) is 17.3 Å². The van der Waals surface area contributed by atoms with Crippen LogP contribution in [-0.2, 0) is 0 Å². The number of nitrogens with two attached hydrogens (primary N) is 1. The van der Waals surface area contributed by atoms with Crippen molar-refractivity contribution in [1.82, 2.24) is 10.1 Å². The lowest BCUT2D eigenvalue weighted by atomic mass is 10.1. The average molecular weight is 233 g/mol. The van der Waals surface area contributed by atoms with Crippen molar-refractivity contribution in [2.45, 2.75) is 19.9 Å². The van der Waals surface area contributed by atoms with Gasteiger partial charge in [0.05, 0.1) is 12.6 Å². The average Bonchev–Trinajstić information content (AvgIpc) is 2.76. The van der Waals surface area contributed by atoms with E-state index < -0.39 is 6.04 Å². The third-order valence-electron chi connectivity index (χ3n) is 2.35. The van der Waals surface area contributed by atoms with Gasteiger partial charge in [-0.2, -0.15) is 4.98 Å². The molecule has 0 aliphatic carbocycles. The summed E-state index contributed by atoms with van der Waals surface area (Å²) in [5.74, 6) is 1.79. The molecule has 0 spiro atoms. The Hall–Kier alpha value is -1.88. The fraction of sp³-hybridized carbons (Fsp3) is 0.333. The first-order valence-corrected chi connectivity index (χ1v) is 5.49. The lowest BCUT2D eigenvalue weighted by Crippen LogP contribution is -2.13. The summed E-state index contributed by atoms with van der Waals surface area (Å²) in [4.78, 5) is 4.12. The molecule has 1 unspecified atom stereocenters. The summed E-state index contributed by atoms with van der Waals surface area (Å²) in [5.41, 5.74) is 6.95. The molecule has 5 nitrogen and oxygen atoms in total. The molecular formula is C12H15N3O2. The highest BCUT2D eigenvalue weighted by Gasteiger charge is 2.15. The Bertz CT molecular complexity index is 496. The summed E-state index contributed by atoms with van der Waals surface area (Å²) in [6, 6.07) is 7.19. The summed E-state index contributed by atoms with van der Waals surface area (Å²) in [5, 5.41) is 3.82. The van der Waals surface area contributed by atoms with Crippen LogP contribution in [0, 0.1) is 6.92 Å². The van der Waals surface area contributed by atoms with E-state index in [0.29, 0.717) is 18.3 Å². The number of benzene rings is 1. The monoisotopic (exact) mass is 233 g/mol. The molecule has 2 N–H and O–H groups in total. The lowest BCUT2D eigenvalue weighted by molar-refractivity contribution is 0.339. The lowest BCUT2D eigenvalue weighted by Gasteiger charge is -2.09. The predicted molar refractivity (Wildman–Crippen MR) is 62.7 cm³/mol. The Balaban J connectivity index is 2.24. The Labute approximate surface area is 99.6 Å². The first-order chi connectivity index (χ1) is 8.20. The van der Waals surface area contributed by atoms with Crippen LogP contribution in [0.15, 0.2) is 28.8 Å². The molecule has 90 valence electrons. The Morgan fingerprint density at radius 3 is 2.94 bits per heavy atom. The summed E-state index contributed by atoms with van der Waals surface area (Å²) in [6.07, 6.45) is 0. The maximum absolute atomic E-state index is 6.05. The van der Waals surface area contributed by atoms with Crippen LogP contribution in [0.25, 0.3) is 0 Å². The number of aryl methyl sites for hydroxylation is 1.